The Balaban J connectivity index is 1.56. The average molecular weight is 383 g/mol. The second-order valence-electron chi connectivity index (χ2n) is 6.60. The molecule has 0 unspecified atom stereocenters. The lowest BCUT2D eigenvalue weighted by atomic mass is 10.1. The van der Waals surface area contributed by atoms with E-state index in [1.54, 1.807) is 13.2 Å². The fraction of sp³-hybridized carbons (Fsp3) is 0.0800. The molecule has 0 radical (unpaired) electrons. The molecule has 0 bridgehead atoms. The van der Waals surface area contributed by atoms with E-state index < -0.39 is 0 Å². The van der Waals surface area contributed by atoms with Gasteiger partial charge < -0.3 is 14.6 Å². The molecule has 1 heterocycles. The molecule has 0 spiro atoms. The van der Waals surface area contributed by atoms with Gasteiger partial charge in [-0.2, -0.15) is 0 Å². The Morgan fingerprint density at radius 1 is 0.862 bits per heavy atom. The summed E-state index contributed by atoms with van der Waals surface area (Å²) in [5.74, 6) is 1.55. The molecule has 0 aliphatic carbocycles. The van der Waals surface area contributed by atoms with Crippen molar-refractivity contribution < 1.29 is 14.6 Å². The number of pyridine rings is 1. The van der Waals surface area contributed by atoms with Crippen molar-refractivity contribution in [3.8, 4) is 17.2 Å². The van der Waals surface area contributed by atoms with Crippen LogP contribution in [-0.4, -0.2) is 17.2 Å². The highest BCUT2D eigenvalue weighted by molar-refractivity contribution is 5.85. The van der Waals surface area contributed by atoms with Crippen LogP contribution in [0.1, 0.15) is 16.8 Å². The number of phenols is 1. The van der Waals surface area contributed by atoms with Crippen LogP contribution in [0.3, 0.4) is 0 Å². The third-order valence-electron chi connectivity index (χ3n) is 4.59. The first-order valence-electron chi connectivity index (χ1n) is 9.34. The summed E-state index contributed by atoms with van der Waals surface area (Å²) in [6.45, 7) is 0.468. The van der Waals surface area contributed by atoms with Gasteiger partial charge in [0.25, 0.3) is 0 Å². The minimum atomic E-state index is 0.179. The normalized spacial score (nSPS) is 11.1. The Labute approximate surface area is 169 Å². The maximum Gasteiger partial charge on any atom is 0.162 e. The molecule has 4 nitrogen and oxygen atoms in total. The molecule has 4 heteroatoms. The molecule has 1 N–H and O–H groups in total. The summed E-state index contributed by atoms with van der Waals surface area (Å²) in [5, 5.41) is 10.9. The van der Waals surface area contributed by atoms with Crippen LogP contribution in [0.25, 0.3) is 23.1 Å². The number of aromatic hydroxyl groups is 1. The quantitative estimate of drug-likeness (QED) is 0.464. The molecule has 144 valence electrons. The van der Waals surface area contributed by atoms with E-state index in [4.69, 9.17) is 9.47 Å². The van der Waals surface area contributed by atoms with Crippen LogP contribution in [-0.2, 0) is 6.61 Å². The monoisotopic (exact) mass is 383 g/mol. The maximum atomic E-state index is 10.0. The summed E-state index contributed by atoms with van der Waals surface area (Å²) >= 11 is 0. The van der Waals surface area contributed by atoms with Crippen molar-refractivity contribution in [3.05, 3.63) is 95.7 Å². The zero-order chi connectivity index (χ0) is 20.1. The minimum absolute atomic E-state index is 0.179. The van der Waals surface area contributed by atoms with E-state index in [1.807, 2.05) is 84.9 Å². The van der Waals surface area contributed by atoms with Gasteiger partial charge in [0.05, 0.1) is 12.8 Å². The van der Waals surface area contributed by atoms with Crippen LogP contribution in [0.4, 0.5) is 0 Å². The second kappa shape index (κ2) is 8.48. The van der Waals surface area contributed by atoms with Crippen molar-refractivity contribution in [2.75, 3.05) is 7.11 Å². The topological polar surface area (TPSA) is 51.6 Å². The predicted molar refractivity (Wildman–Crippen MR) is 116 cm³/mol. The number of fused-ring (bicyclic) bond motifs is 1. The van der Waals surface area contributed by atoms with Crippen molar-refractivity contribution in [2.45, 2.75) is 6.61 Å². The van der Waals surface area contributed by atoms with Crippen LogP contribution < -0.4 is 9.47 Å². The third kappa shape index (κ3) is 4.38. The number of hydrogen-bond acceptors (Lipinski definition) is 4. The number of nitrogens with zero attached hydrogens (tertiary/aromatic N) is 1. The lowest BCUT2D eigenvalue weighted by Gasteiger charge is -2.11. The Kier molecular flexibility index (Phi) is 5.43. The summed E-state index contributed by atoms with van der Waals surface area (Å²) in [6, 6.07) is 25.1. The number of phenolic OH excluding ortho intramolecular Hbond substituents is 1. The SMILES string of the molecule is COc1ccc(/C=C/c2ccc3cccc(O)c3n2)cc1OCc1ccccc1. The largest absolute Gasteiger partial charge is 0.506 e. The molecule has 4 rings (SSSR count). The summed E-state index contributed by atoms with van der Waals surface area (Å²) in [6.07, 6.45) is 3.87. The smallest absolute Gasteiger partial charge is 0.162 e. The van der Waals surface area contributed by atoms with Crippen molar-refractivity contribution in [1.29, 1.82) is 0 Å². The fourth-order valence-corrected chi connectivity index (χ4v) is 3.07. The Morgan fingerprint density at radius 2 is 1.72 bits per heavy atom. The van der Waals surface area contributed by atoms with Gasteiger partial charge in [0.15, 0.2) is 11.5 Å². The van der Waals surface area contributed by atoms with Gasteiger partial charge in [-0.3, -0.25) is 0 Å². The number of methoxy groups -OCH3 is 1. The molecular formula is C25H21NO3. The van der Waals surface area contributed by atoms with Gasteiger partial charge in [-0.05, 0) is 41.5 Å². The van der Waals surface area contributed by atoms with Crippen molar-refractivity contribution in [3.63, 3.8) is 0 Å². The predicted octanol–water partition coefficient (Wildman–Crippen LogP) is 5.70. The first-order chi connectivity index (χ1) is 14.2. The number of hydrogen-bond donors (Lipinski definition) is 1. The van der Waals surface area contributed by atoms with E-state index in [1.165, 1.54) is 0 Å². The summed E-state index contributed by atoms with van der Waals surface area (Å²) < 4.78 is 11.4. The number of rotatable bonds is 6. The van der Waals surface area contributed by atoms with Gasteiger partial charge in [-0.15, -0.1) is 0 Å². The number of ether oxygens (including phenoxy) is 2. The molecule has 29 heavy (non-hydrogen) atoms. The highest BCUT2D eigenvalue weighted by Gasteiger charge is 2.06. The third-order valence-corrected chi connectivity index (χ3v) is 4.59. The standard InChI is InChI=1S/C25H21NO3/c1-28-23-15-11-18(16-24(23)29-17-19-6-3-2-4-7-19)10-13-21-14-12-20-8-5-9-22(27)25(20)26-21/h2-16,27H,17H2,1H3/b13-10+. The molecule has 1 aromatic heterocycles. The van der Waals surface area contributed by atoms with Gasteiger partial charge >= 0.3 is 0 Å². The Hall–Kier alpha value is -3.79. The van der Waals surface area contributed by atoms with E-state index >= 15 is 0 Å². The molecule has 0 aliphatic rings. The Morgan fingerprint density at radius 3 is 2.55 bits per heavy atom. The van der Waals surface area contributed by atoms with Gasteiger partial charge in [-0.25, -0.2) is 4.98 Å². The van der Waals surface area contributed by atoms with E-state index in [0.29, 0.717) is 23.6 Å². The number of para-hydroxylation sites is 1. The molecule has 0 amide bonds. The van der Waals surface area contributed by atoms with Gasteiger partial charge in [0.1, 0.15) is 17.9 Å². The van der Waals surface area contributed by atoms with Crippen molar-refractivity contribution in [1.82, 2.24) is 4.98 Å². The van der Waals surface area contributed by atoms with E-state index in [2.05, 4.69) is 4.98 Å². The van der Waals surface area contributed by atoms with Crippen LogP contribution >= 0.6 is 0 Å². The van der Waals surface area contributed by atoms with Crippen LogP contribution in [0.15, 0.2) is 78.9 Å². The molecule has 0 saturated heterocycles. The summed E-state index contributed by atoms with van der Waals surface area (Å²) in [7, 11) is 1.63. The lowest BCUT2D eigenvalue weighted by Crippen LogP contribution is -1.97. The van der Waals surface area contributed by atoms with Gasteiger partial charge in [0.2, 0.25) is 0 Å². The molecule has 3 aromatic carbocycles. The number of benzene rings is 3. The molecule has 0 atom stereocenters. The zero-order valence-electron chi connectivity index (χ0n) is 16.1. The van der Waals surface area contributed by atoms with Crippen LogP contribution in [0.5, 0.6) is 17.2 Å². The fourth-order valence-electron chi connectivity index (χ4n) is 3.07. The first-order valence-corrected chi connectivity index (χ1v) is 9.34. The molecule has 4 aromatic rings. The highest BCUT2D eigenvalue weighted by atomic mass is 16.5. The molecule has 0 fully saturated rings. The van der Waals surface area contributed by atoms with E-state index in [-0.39, 0.29) is 5.75 Å². The highest BCUT2D eigenvalue weighted by Crippen LogP contribution is 2.30. The maximum absolute atomic E-state index is 10.0. The summed E-state index contributed by atoms with van der Waals surface area (Å²) in [4.78, 5) is 4.53. The first kappa shape index (κ1) is 18.6. The van der Waals surface area contributed by atoms with Gasteiger partial charge in [0, 0.05) is 5.39 Å². The Bertz CT molecular complexity index is 1150. The van der Waals surface area contributed by atoms with Gasteiger partial charge in [-0.1, -0.05) is 60.7 Å². The minimum Gasteiger partial charge on any atom is -0.506 e. The average Bonchev–Trinajstić information content (AvgIpc) is 2.77. The lowest BCUT2D eigenvalue weighted by molar-refractivity contribution is 0.284. The number of aromatic nitrogens is 1. The van der Waals surface area contributed by atoms with Crippen LogP contribution in [0.2, 0.25) is 0 Å². The van der Waals surface area contributed by atoms with E-state index in [0.717, 1.165) is 22.2 Å². The molecular weight excluding hydrogens is 362 g/mol. The van der Waals surface area contributed by atoms with Crippen LogP contribution in [0, 0.1) is 0 Å². The van der Waals surface area contributed by atoms with E-state index in [9.17, 15) is 5.11 Å². The van der Waals surface area contributed by atoms with Crippen molar-refractivity contribution in [2.24, 2.45) is 0 Å². The molecule has 0 saturated carbocycles. The van der Waals surface area contributed by atoms with Crippen molar-refractivity contribution >= 4 is 23.1 Å². The molecule has 0 aliphatic heterocycles. The second-order valence-corrected chi connectivity index (χ2v) is 6.60. The zero-order valence-corrected chi connectivity index (χ0v) is 16.1. The summed E-state index contributed by atoms with van der Waals surface area (Å²) in [5.41, 5.74) is 3.42.